The van der Waals surface area contributed by atoms with Gasteiger partial charge in [-0.3, -0.25) is 4.79 Å². The van der Waals surface area contributed by atoms with Crippen LogP contribution in [0, 0.1) is 6.92 Å². The molecule has 0 atom stereocenters. The minimum absolute atomic E-state index is 0.0534. The summed E-state index contributed by atoms with van der Waals surface area (Å²) in [5.74, 6) is 0.0534. The molecule has 5 heteroatoms. The van der Waals surface area contributed by atoms with E-state index in [1.54, 1.807) is 7.05 Å². The zero-order chi connectivity index (χ0) is 13.1. The fourth-order valence-corrected chi connectivity index (χ4v) is 2.43. The third-order valence-corrected chi connectivity index (χ3v) is 3.47. The molecule has 2 aromatic rings. The summed E-state index contributed by atoms with van der Waals surface area (Å²) in [4.78, 5) is 12.1. The topological polar surface area (TPSA) is 47.8 Å². The van der Waals surface area contributed by atoms with Crippen molar-refractivity contribution < 1.29 is 4.79 Å². The summed E-state index contributed by atoms with van der Waals surface area (Å²) < 4.78 is 2.02. The lowest BCUT2D eigenvalue weighted by Gasteiger charge is -2.05. The van der Waals surface area contributed by atoms with Crippen LogP contribution in [0.15, 0.2) is 28.9 Å². The van der Waals surface area contributed by atoms with E-state index in [1.807, 2.05) is 12.1 Å². The Labute approximate surface area is 114 Å². The lowest BCUT2D eigenvalue weighted by atomic mass is 10.0. The fourth-order valence-electron chi connectivity index (χ4n) is 1.88. The van der Waals surface area contributed by atoms with Gasteiger partial charge in [-0.05, 0) is 40.4 Å². The van der Waals surface area contributed by atoms with Crippen LogP contribution >= 0.6 is 15.9 Å². The number of aryl methyl sites for hydroxylation is 3. The first-order chi connectivity index (χ1) is 8.59. The number of rotatable bonds is 4. The quantitative estimate of drug-likeness (QED) is 0.816. The Hall–Kier alpha value is -1.49. The van der Waals surface area contributed by atoms with Crippen molar-refractivity contribution in [3.8, 4) is 0 Å². The minimum Gasteiger partial charge on any atom is -0.292 e. The molecule has 0 N–H and O–H groups in total. The highest BCUT2D eigenvalue weighted by Gasteiger charge is 2.16. The number of carbonyl (C=O) groups excluding carboxylic acids is 1. The maximum atomic E-state index is 12.1. The highest BCUT2D eigenvalue weighted by Crippen LogP contribution is 2.16. The van der Waals surface area contributed by atoms with Crippen molar-refractivity contribution in [2.75, 3.05) is 0 Å². The number of nitrogens with zero attached hydrogens (tertiary/aromatic N) is 3. The van der Waals surface area contributed by atoms with Crippen LogP contribution < -0.4 is 0 Å². The first-order valence-electron chi connectivity index (χ1n) is 5.72. The molecule has 0 fully saturated rings. The van der Waals surface area contributed by atoms with E-state index in [0.717, 1.165) is 6.42 Å². The molecule has 0 saturated carbocycles. The van der Waals surface area contributed by atoms with Crippen LogP contribution in [0.25, 0.3) is 0 Å². The SMILES string of the molecule is Cc1ccccc1CCC(=O)c1c(Br)nnn1C. The van der Waals surface area contributed by atoms with Gasteiger partial charge in [-0.25, -0.2) is 4.68 Å². The van der Waals surface area contributed by atoms with Gasteiger partial charge in [0.1, 0.15) is 5.69 Å². The highest BCUT2D eigenvalue weighted by atomic mass is 79.9. The fraction of sp³-hybridized carbons (Fsp3) is 0.308. The second kappa shape index (κ2) is 5.44. The maximum absolute atomic E-state index is 12.1. The zero-order valence-corrected chi connectivity index (χ0v) is 11.9. The number of carbonyl (C=O) groups is 1. The predicted molar refractivity (Wildman–Crippen MR) is 72.5 cm³/mol. The number of aromatic nitrogens is 3. The molecule has 0 aliphatic heterocycles. The van der Waals surface area contributed by atoms with Crippen LogP contribution in [0.2, 0.25) is 0 Å². The molecule has 18 heavy (non-hydrogen) atoms. The van der Waals surface area contributed by atoms with Gasteiger partial charge in [0.15, 0.2) is 10.4 Å². The van der Waals surface area contributed by atoms with E-state index in [0.29, 0.717) is 16.7 Å². The van der Waals surface area contributed by atoms with Crippen LogP contribution in [0.4, 0.5) is 0 Å². The summed E-state index contributed by atoms with van der Waals surface area (Å²) in [6.07, 6.45) is 1.20. The standard InChI is InChI=1S/C13H14BrN3O/c1-9-5-3-4-6-10(9)7-8-11(18)12-13(14)15-16-17(12)2/h3-6H,7-8H2,1-2H3. The molecular formula is C13H14BrN3O. The van der Waals surface area contributed by atoms with Crippen LogP contribution in [0.3, 0.4) is 0 Å². The van der Waals surface area contributed by atoms with E-state index >= 15 is 0 Å². The third kappa shape index (κ3) is 2.67. The molecule has 0 amide bonds. The minimum atomic E-state index is 0.0534. The number of halogens is 1. The Balaban J connectivity index is 2.08. The Kier molecular flexibility index (Phi) is 3.91. The Morgan fingerprint density at radius 3 is 2.72 bits per heavy atom. The molecule has 0 saturated heterocycles. The number of hydrogen-bond acceptors (Lipinski definition) is 3. The van der Waals surface area contributed by atoms with Crippen LogP contribution in [0.1, 0.15) is 28.0 Å². The Morgan fingerprint density at radius 1 is 1.39 bits per heavy atom. The molecule has 1 aromatic carbocycles. The largest absolute Gasteiger partial charge is 0.292 e. The monoisotopic (exact) mass is 307 g/mol. The average molecular weight is 308 g/mol. The summed E-state index contributed by atoms with van der Waals surface area (Å²) in [5, 5.41) is 7.63. The van der Waals surface area contributed by atoms with E-state index in [-0.39, 0.29) is 5.78 Å². The number of ketones is 1. The number of Topliss-reactive ketones (excluding diaryl/α,β-unsaturated/α-hetero) is 1. The Bertz CT molecular complexity index is 558. The van der Waals surface area contributed by atoms with E-state index in [9.17, 15) is 4.79 Å². The molecule has 1 aromatic heterocycles. The summed E-state index contributed by atoms with van der Waals surface area (Å²) in [7, 11) is 1.72. The first kappa shape index (κ1) is 13.0. The normalized spacial score (nSPS) is 10.6. The summed E-state index contributed by atoms with van der Waals surface area (Å²) >= 11 is 3.24. The van der Waals surface area contributed by atoms with Gasteiger partial charge in [-0.2, -0.15) is 0 Å². The second-order valence-corrected chi connectivity index (χ2v) is 4.95. The molecule has 2 rings (SSSR count). The summed E-state index contributed by atoms with van der Waals surface area (Å²) in [5.41, 5.74) is 2.95. The summed E-state index contributed by atoms with van der Waals surface area (Å²) in [6, 6.07) is 8.11. The van der Waals surface area contributed by atoms with Gasteiger partial charge in [0.25, 0.3) is 0 Å². The molecule has 1 heterocycles. The van der Waals surface area contributed by atoms with Gasteiger partial charge in [-0.1, -0.05) is 29.5 Å². The van der Waals surface area contributed by atoms with E-state index in [2.05, 4.69) is 45.3 Å². The highest BCUT2D eigenvalue weighted by molar-refractivity contribution is 9.10. The van der Waals surface area contributed by atoms with Crippen LogP contribution in [-0.4, -0.2) is 20.8 Å². The van der Waals surface area contributed by atoms with Crippen molar-refractivity contribution in [3.63, 3.8) is 0 Å². The summed E-state index contributed by atoms with van der Waals surface area (Å²) in [6.45, 7) is 2.06. The molecule has 0 aliphatic carbocycles. The third-order valence-electron chi connectivity index (χ3n) is 2.93. The van der Waals surface area contributed by atoms with Gasteiger partial charge in [0.05, 0.1) is 0 Å². The Morgan fingerprint density at radius 2 is 2.11 bits per heavy atom. The van der Waals surface area contributed by atoms with Gasteiger partial charge in [0.2, 0.25) is 0 Å². The van der Waals surface area contributed by atoms with Gasteiger partial charge >= 0.3 is 0 Å². The molecular weight excluding hydrogens is 294 g/mol. The van der Waals surface area contributed by atoms with Crippen molar-refractivity contribution in [1.29, 1.82) is 0 Å². The predicted octanol–water partition coefficient (Wildman–Crippen LogP) is 2.70. The number of hydrogen-bond donors (Lipinski definition) is 0. The lowest BCUT2D eigenvalue weighted by Crippen LogP contribution is -2.09. The molecule has 0 radical (unpaired) electrons. The molecule has 0 aliphatic rings. The van der Waals surface area contributed by atoms with Crippen LogP contribution in [-0.2, 0) is 13.5 Å². The molecule has 0 unspecified atom stereocenters. The zero-order valence-electron chi connectivity index (χ0n) is 10.4. The van der Waals surface area contributed by atoms with Crippen molar-refractivity contribution in [3.05, 3.63) is 45.7 Å². The van der Waals surface area contributed by atoms with E-state index in [1.165, 1.54) is 15.8 Å². The second-order valence-electron chi connectivity index (χ2n) is 4.20. The maximum Gasteiger partial charge on any atom is 0.184 e. The molecule has 0 bridgehead atoms. The first-order valence-corrected chi connectivity index (χ1v) is 6.51. The smallest absolute Gasteiger partial charge is 0.184 e. The van der Waals surface area contributed by atoms with E-state index < -0.39 is 0 Å². The van der Waals surface area contributed by atoms with Gasteiger partial charge < -0.3 is 0 Å². The van der Waals surface area contributed by atoms with Gasteiger partial charge in [0, 0.05) is 13.5 Å². The average Bonchev–Trinajstić information content (AvgIpc) is 2.68. The van der Waals surface area contributed by atoms with Crippen molar-refractivity contribution in [2.45, 2.75) is 19.8 Å². The van der Waals surface area contributed by atoms with Crippen molar-refractivity contribution >= 4 is 21.7 Å². The van der Waals surface area contributed by atoms with Crippen molar-refractivity contribution in [1.82, 2.24) is 15.0 Å². The number of benzene rings is 1. The van der Waals surface area contributed by atoms with Gasteiger partial charge in [-0.15, -0.1) is 5.10 Å². The van der Waals surface area contributed by atoms with Crippen LogP contribution in [0.5, 0.6) is 0 Å². The molecule has 4 nitrogen and oxygen atoms in total. The molecule has 94 valence electrons. The molecule has 0 spiro atoms. The van der Waals surface area contributed by atoms with Crippen molar-refractivity contribution in [2.24, 2.45) is 7.05 Å². The van der Waals surface area contributed by atoms with E-state index in [4.69, 9.17) is 0 Å². The lowest BCUT2D eigenvalue weighted by molar-refractivity contribution is 0.0973.